The van der Waals surface area contributed by atoms with Gasteiger partial charge in [0.1, 0.15) is 5.69 Å². The van der Waals surface area contributed by atoms with Crippen LogP contribution in [0.25, 0.3) is 28.0 Å². The van der Waals surface area contributed by atoms with E-state index in [1.165, 1.54) is 4.68 Å². The Bertz CT molecular complexity index is 1340. The van der Waals surface area contributed by atoms with Crippen LogP contribution in [-0.4, -0.2) is 40.0 Å². The average Bonchev–Trinajstić information content (AvgIpc) is 3.43. The fourth-order valence-electron chi connectivity index (χ4n) is 3.47. The number of tetrazole rings is 1. The molecule has 9 nitrogen and oxygen atoms in total. The zero-order valence-electron chi connectivity index (χ0n) is 16.0. The number of aryl methyl sites for hydroxylation is 2. The number of aromatic nitrogens is 8. The number of pyridine rings is 1. The van der Waals surface area contributed by atoms with Crippen molar-refractivity contribution >= 4 is 5.52 Å². The van der Waals surface area contributed by atoms with Crippen molar-refractivity contribution in [3.63, 3.8) is 0 Å². The van der Waals surface area contributed by atoms with E-state index in [0.29, 0.717) is 30.9 Å². The highest BCUT2D eigenvalue weighted by Crippen LogP contribution is 2.33. The summed E-state index contributed by atoms with van der Waals surface area (Å²) < 4.78 is 3.32. The van der Waals surface area contributed by atoms with E-state index in [0.717, 1.165) is 22.3 Å². The first kappa shape index (κ1) is 17.9. The molecule has 0 amide bonds. The number of aromatic amines is 1. The molecule has 0 unspecified atom stereocenters. The van der Waals surface area contributed by atoms with E-state index >= 15 is 0 Å². The van der Waals surface area contributed by atoms with Crippen molar-refractivity contribution in [1.29, 1.82) is 0 Å². The molecule has 0 saturated carbocycles. The lowest BCUT2D eigenvalue weighted by molar-refractivity contribution is 0.545. The Morgan fingerprint density at radius 2 is 1.80 bits per heavy atom. The molecular formula is C21H18N8O. The summed E-state index contributed by atoms with van der Waals surface area (Å²) in [6.07, 6.45) is 3.20. The minimum atomic E-state index is -0.149. The van der Waals surface area contributed by atoms with Gasteiger partial charge in [-0.3, -0.25) is 4.79 Å². The number of rotatable bonds is 6. The molecule has 0 aliphatic heterocycles. The topological polar surface area (TPSA) is 107 Å². The number of hydrogen-bond donors (Lipinski definition) is 1. The van der Waals surface area contributed by atoms with Gasteiger partial charge in [-0.2, -0.15) is 15.4 Å². The number of H-pyrrole nitrogens is 1. The molecule has 0 spiro atoms. The second-order valence-electron chi connectivity index (χ2n) is 6.83. The monoisotopic (exact) mass is 398 g/mol. The van der Waals surface area contributed by atoms with Crippen LogP contribution < -0.4 is 5.56 Å². The van der Waals surface area contributed by atoms with Crippen LogP contribution in [0.1, 0.15) is 12.2 Å². The highest BCUT2D eigenvalue weighted by atomic mass is 16.1. The van der Waals surface area contributed by atoms with Crippen LogP contribution >= 0.6 is 0 Å². The maximum atomic E-state index is 12.4. The summed E-state index contributed by atoms with van der Waals surface area (Å²) >= 11 is 0. The smallest absolute Gasteiger partial charge is 0.266 e. The summed E-state index contributed by atoms with van der Waals surface area (Å²) in [6.45, 7) is 0.459. The van der Waals surface area contributed by atoms with Crippen molar-refractivity contribution in [3.8, 4) is 22.5 Å². The van der Waals surface area contributed by atoms with E-state index in [4.69, 9.17) is 5.10 Å². The summed E-state index contributed by atoms with van der Waals surface area (Å²) in [5.74, 6) is 0.619. The zero-order valence-corrected chi connectivity index (χ0v) is 16.0. The molecule has 0 aliphatic carbocycles. The second kappa shape index (κ2) is 7.70. The summed E-state index contributed by atoms with van der Waals surface area (Å²) in [5.41, 5.74) is 4.20. The molecule has 5 rings (SSSR count). The molecule has 1 N–H and O–H groups in total. The van der Waals surface area contributed by atoms with Crippen LogP contribution in [0.3, 0.4) is 0 Å². The first-order valence-corrected chi connectivity index (χ1v) is 9.63. The molecule has 0 bridgehead atoms. The largest absolute Gasteiger partial charge is 0.268 e. The molecule has 0 saturated heterocycles. The van der Waals surface area contributed by atoms with Gasteiger partial charge in [-0.15, -0.1) is 10.2 Å². The molecule has 4 heterocycles. The van der Waals surface area contributed by atoms with Gasteiger partial charge in [0.05, 0.1) is 16.8 Å². The van der Waals surface area contributed by atoms with Crippen molar-refractivity contribution < 1.29 is 0 Å². The lowest BCUT2D eigenvalue weighted by Gasteiger charge is -2.07. The third kappa shape index (κ3) is 3.37. The Kier molecular flexibility index (Phi) is 4.60. The van der Waals surface area contributed by atoms with Crippen LogP contribution in [-0.2, 0) is 13.0 Å². The van der Waals surface area contributed by atoms with Crippen LogP contribution in [0, 0.1) is 0 Å². The van der Waals surface area contributed by atoms with Gasteiger partial charge in [0.25, 0.3) is 5.56 Å². The van der Waals surface area contributed by atoms with Crippen LogP contribution in [0.4, 0.5) is 0 Å². The second-order valence-corrected chi connectivity index (χ2v) is 6.83. The van der Waals surface area contributed by atoms with Crippen molar-refractivity contribution in [3.05, 3.63) is 83.0 Å². The Morgan fingerprint density at radius 3 is 2.63 bits per heavy atom. The quantitative estimate of drug-likeness (QED) is 0.471. The van der Waals surface area contributed by atoms with Crippen LogP contribution in [0.5, 0.6) is 0 Å². The Hall–Kier alpha value is -4.14. The van der Waals surface area contributed by atoms with E-state index < -0.39 is 0 Å². The Labute approximate surface area is 171 Å². The summed E-state index contributed by atoms with van der Waals surface area (Å²) in [7, 11) is 0. The van der Waals surface area contributed by atoms with Gasteiger partial charge in [0, 0.05) is 30.8 Å². The SMILES string of the molecule is O=c1ccc(-c2c(-c3ccccc3)nn3ccccc23)nn1CCCc1nn[nH]n1. The average molecular weight is 398 g/mol. The van der Waals surface area contributed by atoms with Crippen molar-refractivity contribution in [1.82, 2.24) is 40.0 Å². The highest BCUT2D eigenvalue weighted by Gasteiger charge is 2.18. The van der Waals surface area contributed by atoms with E-state index in [9.17, 15) is 4.79 Å². The number of fused-ring (bicyclic) bond motifs is 1. The fraction of sp³-hybridized carbons (Fsp3) is 0.143. The minimum absolute atomic E-state index is 0.149. The summed E-state index contributed by atoms with van der Waals surface area (Å²) in [4.78, 5) is 12.4. The Morgan fingerprint density at radius 1 is 0.933 bits per heavy atom. The van der Waals surface area contributed by atoms with E-state index in [1.54, 1.807) is 12.1 Å². The third-order valence-corrected chi connectivity index (χ3v) is 4.87. The third-order valence-electron chi connectivity index (χ3n) is 4.87. The van der Waals surface area contributed by atoms with E-state index in [1.807, 2.05) is 59.2 Å². The van der Waals surface area contributed by atoms with Crippen molar-refractivity contribution in [2.24, 2.45) is 0 Å². The van der Waals surface area contributed by atoms with E-state index in [2.05, 4.69) is 25.7 Å². The predicted molar refractivity (Wildman–Crippen MR) is 111 cm³/mol. The number of nitrogens with zero attached hydrogens (tertiary/aromatic N) is 7. The summed E-state index contributed by atoms with van der Waals surface area (Å²) in [5, 5.41) is 23.3. The van der Waals surface area contributed by atoms with Gasteiger partial charge in [-0.25, -0.2) is 9.20 Å². The zero-order chi connectivity index (χ0) is 20.3. The van der Waals surface area contributed by atoms with Crippen molar-refractivity contribution in [2.75, 3.05) is 0 Å². The molecule has 5 aromatic rings. The van der Waals surface area contributed by atoms with Crippen molar-refractivity contribution in [2.45, 2.75) is 19.4 Å². The normalized spacial score (nSPS) is 11.2. The molecule has 4 aromatic heterocycles. The van der Waals surface area contributed by atoms with Crippen LogP contribution in [0.2, 0.25) is 0 Å². The van der Waals surface area contributed by atoms with Gasteiger partial charge in [0.2, 0.25) is 0 Å². The fourth-order valence-corrected chi connectivity index (χ4v) is 3.47. The van der Waals surface area contributed by atoms with Gasteiger partial charge < -0.3 is 0 Å². The first-order chi connectivity index (χ1) is 14.8. The molecule has 1 aromatic carbocycles. The number of hydrogen-bond acceptors (Lipinski definition) is 6. The molecule has 30 heavy (non-hydrogen) atoms. The van der Waals surface area contributed by atoms with Gasteiger partial charge in [-0.05, 0) is 24.6 Å². The molecule has 0 aliphatic rings. The summed E-state index contributed by atoms with van der Waals surface area (Å²) in [6, 6.07) is 19.2. The molecular weight excluding hydrogens is 380 g/mol. The number of nitrogens with one attached hydrogen (secondary N) is 1. The predicted octanol–water partition coefficient (Wildman–Crippen LogP) is 2.37. The Balaban J connectivity index is 1.56. The lowest BCUT2D eigenvalue weighted by Crippen LogP contribution is -2.22. The van der Waals surface area contributed by atoms with E-state index in [-0.39, 0.29) is 5.56 Å². The highest BCUT2D eigenvalue weighted by molar-refractivity contribution is 5.90. The molecule has 0 atom stereocenters. The van der Waals surface area contributed by atoms with Gasteiger partial charge in [0.15, 0.2) is 5.82 Å². The lowest BCUT2D eigenvalue weighted by atomic mass is 10.0. The standard InChI is InChI=1S/C21H18N8O/c30-19-12-11-16(24-29(19)14-6-10-18-22-26-27-23-18)20-17-9-4-5-13-28(17)25-21(20)15-7-2-1-3-8-15/h1-5,7-9,11-13H,6,10,14H2,(H,22,23,26,27). The molecule has 9 heteroatoms. The van der Waals surface area contributed by atoms with Crippen LogP contribution in [0.15, 0.2) is 71.7 Å². The van der Waals surface area contributed by atoms with Gasteiger partial charge in [-0.1, -0.05) is 41.6 Å². The maximum Gasteiger partial charge on any atom is 0.266 e. The molecule has 148 valence electrons. The molecule has 0 radical (unpaired) electrons. The number of benzene rings is 1. The molecule has 0 fully saturated rings. The van der Waals surface area contributed by atoms with Gasteiger partial charge >= 0.3 is 0 Å². The minimum Gasteiger partial charge on any atom is -0.268 e. The maximum absolute atomic E-state index is 12.4. The first-order valence-electron chi connectivity index (χ1n) is 9.63.